The van der Waals surface area contributed by atoms with Crippen molar-refractivity contribution >= 4 is 5.97 Å². The molecule has 2 N–H and O–H groups in total. The first kappa shape index (κ1) is 15.7. The maximum Gasteiger partial charge on any atom is 1.00 e. The molecule has 0 spiro atoms. The second-order valence-corrected chi connectivity index (χ2v) is 0.519. The Bertz CT molecular complexity index is 33.2. The summed E-state index contributed by atoms with van der Waals surface area (Å²) >= 11 is 0. The molecule has 0 saturated heterocycles. The van der Waals surface area contributed by atoms with Gasteiger partial charge >= 0.3 is 29.6 Å². The van der Waals surface area contributed by atoms with E-state index in [-0.39, 0.29) is 29.6 Å². The molecule has 38 valence electrons. The molecule has 0 aliphatic heterocycles. The molecular weight excluding hydrogens is 107 g/mol. The Kier molecular flexibility index (Phi) is 36.0. The number of hydrogen-bond donors (Lipinski definition) is 2. The Morgan fingerprint density at radius 3 is 1.57 bits per heavy atom. The van der Waals surface area contributed by atoms with Gasteiger partial charge in [0.1, 0.15) is 0 Å². The molecule has 0 rings (SSSR count). The van der Waals surface area contributed by atoms with Crippen molar-refractivity contribution in [1.82, 2.24) is 0 Å². The summed E-state index contributed by atoms with van der Waals surface area (Å²) in [5.41, 5.74) is 0. The third kappa shape index (κ3) is 682. The molecule has 0 radical (unpaired) electrons. The van der Waals surface area contributed by atoms with E-state index >= 15 is 0 Å². The predicted octanol–water partition coefficient (Wildman–Crippen LogP) is -2.75. The van der Waals surface area contributed by atoms with E-state index in [1.165, 1.54) is 0 Å². The summed E-state index contributed by atoms with van der Waals surface area (Å²) in [5.74, 6) is -0.833. The Hall–Kier alpha value is 0.430. The Balaban J connectivity index is -0.0000000480. The number of rotatable bonds is 0. The quantitative estimate of drug-likeness (QED) is 0.265. The molecule has 0 heterocycles. The first-order chi connectivity index (χ1) is 2.73. The van der Waals surface area contributed by atoms with Gasteiger partial charge in [-0.25, -0.2) is 7.11 Å². The van der Waals surface area contributed by atoms with E-state index in [0.717, 1.165) is 6.92 Å². The minimum Gasteiger partial charge on any atom is -0.569 e. The molecule has 0 bridgehead atoms. The van der Waals surface area contributed by atoms with Crippen LogP contribution in [0.15, 0.2) is 0 Å². The molecule has 0 fully saturated rings. The second kappa shape index (κ2) is 16.1. The summed E-state index contributed by atoms with van der Waals surface area (Å²) in [6.45, 7) is 1.08. The molecule has 7 heavy (non-hydrogen) atoms. The Morgan fingerprint density at radius 1 is 1.57 bits per heavy atom. The van der Waals surface area contributed by atoms with Crippen molar-refractivity contribution in [3.8, 4) is 0 Å². The molecular formula is C3H7NaO3. The number of hydrogen-bond acceptors (Lipinski definition) is 2. The zero-order chi connectivity index (χ0) is 5.58. The topological polar surface area (TPSA) is 57.5 Å². The summed E-state index contributed by atoms with van der Waals surface area (Å²) in [4.78, 5) is 9.00. The minimum atomic E-state index is -0.833. The number of carboxylic acid groups (broad SMARTS) is 1. The van der Waals surface area contributed by atoms with Crippen molar-refractivity contribution in [2.45, 2.75) is 6.92 Å². The van der Waals surface area contributed by atoms with E-state index in [2.05, 4.69) is 7.11 Å². The summed E-state index contributed by atoms with van der Waals surface area (Å²) in [6.07, 6.45) is 0. The fourth-order valence-electron chi connectivity index (χ4n) is 0. The number of carbonyl (C=O) groups is 1. The first-order valence-corrected chi connectivity index (χ1v) is 1.24. The third-order valence-electron chi connectivity index (χ3n) is 0. The van der Waals surface area contributed by atoms with Gasteiger partial charge in [0, 0.05) is 6.92 Å². The van der Waals surface area contributed by atoms with E-state index in [4.69, 9.17) is 15.0 Å². The van der Waals surface area contributed by atoms with Crippen molar-refractivity contribution in [1.29, 1.82) is 0 Å². The fraction of sp³-hybridized carbons (Fsp3) is 0.333. The maximum atomic E-state index is 9.00. The van der Waals surface area contributed by atoms with Gasteiger partial charge in [0.05, 0.1) is 0 Å². The van der Waals surface area contributed by atoms with Crippen LogP contribution in [-0.2, 0) is 4.79 Å². The van der Waals surface area contributed by atoms with Gasteiger partial charge in [0.15, 0.2) is 0 Å². The fourth-order valence-corrected chi connectivity index (χ4v) is 0. The molecule has 0 unspecified atom stereocenters. The number of aliphatic carboxylic acids is 1. The number of carboxylic acids is 1. The second-order valence-electron chi connectivity index (χ2n) is 0.519. The van der Waals surface area contributed by atoms with E-state index in [1.807, 2.05) is 0 Å². The zero-order valence-electron chi connectivity index (χ0n) is 4.51. The van der Waals surface area contributed by atoms with Crippen molar-refractivity contribution in [2.24, 2.45) is 0 Å². The minimum absolute atomic E-state index is 0. The molecule has 0 amide bonds. The SMILES string of the molecule is CC(=O)O.[CH2-]O.[Na+]. The average Bonchev–Trinajstić information content (AvgIpc) is 1.41. The van der Waals surface area contributed by atoms with E-state index in [9.17, 15) is 0 Å². The monoisotopic (exact) mass is 114 g/mol. The molecule has 0 aliphatic rings. The molecule has 0 atom stereocenters. The summed E-state index contributed by atoms with van der Waals surface area (Å²) < 4.78 is 0. The van der Waals surface area contributed by atoms with Crippen LogP contribution in [0.3, 0.4) is 0 Å². The Labute approximate surface area is 64.6 Å². The van der Waals surface area contributed by atoms with Crippen LogP contribution in [0.2, 0.25) is 0 Å². The standard InChI is InChI=1S/C2H4O2.CH3O.Na/c1-2(3)4;1-2;/h1H3,(H,3,4);2H,1H2;/q;-1;+1. The van der Waals surface area contributed by atoms with Crippen molar-refractivity contribution in [3.63, 3.8) is 0 Å². The van der Waals surface area contributed by atoms with Crippen molar-refractivity contribution < 1.29 is 44.6 Å². The molecule has 0 aliphatic carbocycles. The largest absolute Gasteiger partial charge is 1.00 e. The van der Waals surface area contributed by atoms with E-state index in [0.29, 0.717) is 0 Å². The van der Waals surface area contributed by atoms with Crippen LogP contribution in [0.5, 0.6) is 0 Å². The molecule has 0 saturated carbocycles. The van der Waals surface area contributed by atoms with Crippen LogP contribution in [0.4, 0.5) is 0 Å². The first-order valence-electron chi connectivity index (χ1n) is 1.24. The molecule has 0 aromatic rings. The van der Waals surface area contributed by atoms with Gasteiger partial charge in [0.25, 0.3) is 5.97 Å². The molecule has 0 aromatic carbocycles. The van der Waals surface area contributed by atoms with Gasteiger partial charge in [-0.05, 0) is 0 Å². The zero-order valence-corrected chi connectivity index (χ0v) is 6.51. The predicted molar refractivity (Wildman–Crippen MR) is 20.6 cm³/mol. The molecule has 3 nitrogen and oxygen atoms in total. The average molecular weight is 114 g/mol. The summed E-state index contributed by atoms with van der Waals surface area (Å²) in [7, 11) is 2.25. The maximum absolute atomic E-state index is 9.00. The van der Waals surface area contributed by atoms with Crippen LogP contribution in [0.25, 0.3) is 0 Å². The van der Waals surface area contributed by atoms with Crippen LogP contribution in [-0.4, -0.2) is 16.2 Å². The van der Waals surface area contributed by atoms with Gasteiger partial charge in [-0.3, -0.25) is 4.79 Å². The van der Waals surface area contributed by atoms with E-state index in [1.54, 1.807) is 0 Å². The smallest absolute Gasteiger partial charge is 0.569 e. The van der Waals surface area contributed by atoms with Gasteiger partial charge in [0.2, 0.25) is 0 Å². The third-order valence-corrected chi connectivity index (χ3v) is 0. The van der Waals surface area contributed by atoms with Gasteiger partial charge in [-0.2, -0.15) is 0 Å². The van der Waals surface area contributed by atoms with Crippen molar-refractivity contribution in [3.05, 3.63) is 7.11 Å². The van der Waals surface area contributed by atoms with Crippen LogP contribution < -0.4 is 29.6 Å². The van der Waals surface area contributed by atoms with Crippen LogP contribution >= 0.6 is 0 Å². The number of aliphatic hydroxyl groups is 1. The summed E-state index contributed by atoms with van der Waals surface area (Å²) in [6, 6.07) is 0. The van der Waals surface area contributed by atoms with Gasteiger partial charge < -0.3 is 10.2 Å². The van der Waals surface area contributed by atoms with Gasteiger partial charge in [-0.15, -0.1) is 0 Å². The Morgan fingerprint density at radius 2 is 1.57 bits per heavy atom. The van der Waals surface area contributed by atoms with Crippen molar-refractivity contribution in [2.75, 3.05) is 0 Å². The van der Waals surface area contributed by atoms with Crippen LogP contribution in [0.1, 0.15) is 6.92 Å². The molecule has 0 aromatic heterocycles. The normalized spacial score (nSPS) is 4.43. The number of aliphatic hydroxyl groups excluding tert-OH is 1. The van der Waals surface area contributed by atoms with Crippen LogP contribution in [0, 0.1) is 7.11 Å². The van der Waals surface area contributed by atoms with Gasteiger partial charge in [-0.1, -0.05) is 0 Å². The molecule has 4 heteroatoms. The van der Waals surface area contributed by atoms with E-state index < -0.39 is 5.97 Å². The summed E-state index contributed by atoms with van der Waals surface area (Å²) in [5, 5.41) is 14.2.